The van der Waals surface area contributed by atoms with Gasteiger partial charge in [-0.1, -0.05) is 49.3 Å². The summed E-state index contributed by atoms with van der Waals surface area (Å²) < 4.78 is 21.8. The van der Waals surface area contributed by atoms with E-state index in [1.165, 1.54) is 14.0 Å². The second-order valence-electron chi connectivity index (χ2n) is 10.8. The average molecular weight is 511 g/mol. The Morgan fingerprint density at radius 2 is 1.84 bits per heavy atom. The third-order valence-corrected chi connectivity index (χ3v) is 8.65. The quantitative estimate of drug-likeness (QED) is 0.444. The van der Waals surface area contributed by atoms with Gasteiger partial charge in [-0.3, -0.25) is 19.2 Å². The standard InChI is InChI=1S/C27H30N2O8/c1-14(30)35-18-12-17(24(32)34-4)26(2)11-10-16-25(33)36-19(13-27(16,3)21(26)20(18)31)23-28-22(29-37-23)15-8-6-5-7-9-15/h5-9,16-19,21H,10-13H2,1-4H3/t16-,17+,18+,19+,21+,26+,27+/m1/s1. The first-order valence-electron chi connectivity index (χ1n) is 12.5. The maximum absolute atomic E-state index is 13.9. The number of esters is 3. The fourth-order valence-electron chi connectivity index (χ4n) is 7.03. The van der Waals surface area contributed by atoms with Crippen LogP contribution in [0.15, 0.2) is 34.9 Å². The number of hydrogen-bond donors (Lipinski definition) is 0. The summed E-state index contributed by atoms with van der Waals surface area (Å²) >= 11 is 0. The van der Waals surface area contributed by atoms with Crippen molar-refractivity contribution in [1.82, 2.24) is 10.1 Å². The SMILES string of the molecule is COC(=O)[C@@H]1C[C@H](OC(C)=O)C(=O)[C@@H]2[C@@]3(C)C[C@@H](c4nc(-c5ccccc5)no4)OC(=O)[C@H]3CC[C@]21C. The highest BCUT2D eigenvalue weighted by Crippen LogP contribution is 2.65. The Labute approximate surface area is 214 Å². The molecule has 3 aliphatic rings. The van der Waals surface area contributed by atoms with E-state index in [0.717, 1.165) is 5.56 Å². The number of ketones is 1. The minimum atomic E-state index is -1.10. The van der Waals surface area contributed by atoms with E-state index >= 15 is 0 Å². The lowest BCUT2D eigenvalue weighted by Crippen LogP contribution is -2.64. The molecule has 0 bridgehead atoms. The summed E-state index contributed by atoms with van der Waals surface area (Å²) in [5, 5.41) is 4.05. The van der Waals surface area contributed by atoms with Crippen LogP contribution in [0.4, 0.5) is 0 Å². The molecule has 196 valence electrons. The number of hydrogen-bond acceptors (Lipinski definition) is 10. The molecule has 0 spiro atoms. The monoisotopic (exact) mass is 510 g/mol. The molecule has 2 heterocycles. The highest BCUT2D eigenvalue weighted by Gasteiger charge is 2.68. The molecule has 2 aromatic rings. The highest BCUT2D eigenvalue weighted by atomic mass is 16.6. The molecule has 10 nitrogen and oxygen atoms in total. The van der Waals surface area contributed by atoms with Crippen LogP contribution >= 0.6 is 0 Å². The van der Waals surface area contributed by atoms with Crippen LogP contribution in [0.2, 0.25) is 0 Å². The van der Waals surface area contributed by atoms with Gasteiger partial charge >= 0.3 is 17.9 Å². The Kier molecular flexibility index (Phi) is 6.16. The fraction of sp³-hybridized carbons (Fsp3) is 0.556. The normalized spacial score (nSPS) is 35.1. The predicted molar refractivity (Wildman–Crippen MR) is 126 cm³/mol. The first kappa shape index (κ1) is 25.1. The summed E-state index contributed by atoms with van der Waals surface area (Å²) in [6, 6.07) is 9.27. The Bertz CT molecular complexity index is 1240. The number of Topliss-reactive ketones (excluding diaryl/α,β-unsaturated/α-hetero) is 1. The van der Waals surface area contributed by atoms with Crippen molar-refractivity contribution in [3.05, 3.63) is 36.2 Å². The van der Waals surface area contributed by atoms with Gasteiger partial charge in [0.2, 0.25) is 5.82 Å². The zero-order chi connectivity index (χ0) is 26.5. The van der Waals surface area contributed by atoms with Gasteiger partial charge in [-0.2, -0.15) is 4.98 Å². The van der Waals surface area contributed by atoms with Crippen molar-refractivity contribution in [1.29, 1.82) is 0 Å². The van der Waals surface area contributed by atoms with Gasteiger partial charge in [-0.15, -0.1) is 0 Å². The number of carbonyl (C=O) groups excluding carboxylic acids is 4. The average Bonchev–Trinajstić information content (AvgIpc) is 3.35. The van der Waals surface area contributed by atoms with Crippen LogP contribution in [-0.2, 0) is 33.4 Å². The van der Waals surface area contributed by atoms with Crippen molar-refractivity contribution < 1.29 is 37.9 Å². The molecule has 0 N–H and O–H groups in total. The summed E-state index contributed by atoms with van der Waals surface area (Å²) in [6.07, 6.45) is -0.759. The van der Waals surface area contributed by atoms with Crippen molar-refractivity contribution in [3.8, 4) is 11.4 Å². The number of carbonyl (C=O) groups is 4. The minimum absolute atomic E-state index is 0.0524. The van der Waals surface area contributed by atoms with Crippen LogP contribution in [0.1, 0.15) is 58.4 Å². The number of ether oxygens (including phenoxy) is 3. The lowest BCUT2D eigenvalue weighted by Gasteiger charge is -2.60. The number of aromatic nitrogens is 2. The number of fused-ring (bicyclic) bond motifs is 3. The van der Waals surface area contributed by atoms with E-state index in [1.54, 1.807) is 0 Å². The van der Waals surface area contributed by atoms with Gasteiger partial charge < -0.3 is 18.7 Å². The fourth-order valence-corrected chi connectivity index (χ4v) is 7.03. The van der Waals surface area contributed by atoms with Gasteiger partial charge in [-0.05, 0) is 23.7 Å². The Balaban J connectivity index is 1.53. The second-order valence-corrected chi connectivity index (χ2v) is 10.8. The maximum atomic E-state index is 13.9. The molecule has 0 radical (unpaired) electrons. The van der Waals surface area contributed by atoms with Crippen LogP contribution < -0.4 is 0 Å². The van der Waals surface area contributed by atoms with Crippen LogP contribution in [0.25, 0.3) is 11.4 Å². The van der Waals surface area contributed by atoms with E-state index in [-0.39, 0.29) is 24.5 Å². The number of benzene rings is 1. The lowest BCUT2D eigenvalue weighted by molar-refractivity contribution is -0.211. The molecule has 1 aromatic heterocycles. The number of methoxy groups -OCH3 is 1. The number of nitrogens with zero attached hydrogens (tertiary/aromatic N) is 2. The molecule has 2 aliphatic carbocycles. The summed E-state index contributed by atoms with van der Waals surface area (Å²) in [6.45, 7) is 5.01. The van der Waals surface area contributed by atoms with Gasteiger partial charge in [-0.25, -0.2) is 0 Å². The van der Waals surface area contributed by atoms with Crippen LogP contribution in [-0.4, -0.2) is 47.0 Å². The van der Waals surface area contributed by atoms with Crippen molar-refractivity contribution in [2.24, 2.45) is 28.6 Å². The first-order chi connectivity index (χ1) is 17.6. The Morgan fingerprint density at radius 3 is 2.51 bits per heavy atom. The lowest BCUT2D eigenvalue weighted by atomic mass is 9.43. The largest absolute Gasteiger partial charge is 0.469 e. The highest BCUT2D eigenvalue weighted by molar-refractivity contribution is 5.93. The van der Waals surface area contributed by atoms with Crippen LogP contribution in [0.3, 0.4) is 0 Å². The Hall–Kier alpha value is -3.56. The van der Waals surface area contributed by atoms with Gasteiger partial charge in [0.15, 0.2) is 18.0 Å². The van der Waals surface area contributed by atoms with Crippen molar-refractivity contribution >= 4 is 23.7 Å². The van der Waals surface area contributed by atoms with E-state index in [9.17, 15) is 19.2 Å². The predicted octanol–water partition coefficient (Wildman–Crippen LogP) is 3.46. The molecular weight excluding hydrogens is 480 g/mol. The van der Waals surface area contributed by atoms with E-state index in [2.05, 4.69) is 10.1 Å². The third kappa shape index (κ3) is 4.02. The van der Waals surface area contributed by atoms with E-state index in [0.29, 0.717) is 18.7 Å². The molecule has 5 rings (SSSR count). The number of cyclic esters (lactones) is 1. The summed E-state index contributed by atoms with van der Waals surface area (Å²) in [5.74, 6) is -3.30. The van der Waals surface area contributed by atoms with Crippen LogP contribution in [0, 0.1) is 28.6 Å². The molecule has 37 heavy (non-hydrogen) atoms. The van der Waals surface area contributed by atoms with E-state index in [4.69, 9.17) is 18.7 Å². The molecule has 0 unspecified atom stereocenters. The summed E-state index contributed by atoms with van der Waals surface area (Å²) in [7, 11) is 1.30. The van der Waals surface area contributed by atoms with Gasteiger partial charge in [0.1, 0.15) is 0 Å². The topological polar surface area (TPSA) is 135 Å². The van der Waals surface area contributed by atoms with Crippen molar-refractivity contribution in [3.63, 3.8) is 0 Å². The van der Waals surface area contributed by atoms with E-state index < -0.39 is 58.7 Å². The smallest absolute Gasteiger partial charge is 0.310 e. The van der Waals surface area contributed by atoms with Gasteiger partial charge in [0.05, 0.1) is 18.9 Å². The molecule has 2 saturated carbocycles. The van der Waals surface area contributed by atoms with Gasteiger partial charge in [0, 0.05) is 31.2 Å². The molecule has 7 atom stereocenters. The third-order valence-electron chi connectivity index (χ3n) is 8.65. The zero-order valence-corrected chi connectivity index (χ0v) is 21.3. The summed E-state index contributed by atoms with van der Waals surface area (Å²) in [4.78, 5) is 56.4. The minimum Gasteiger partial charge on any atom is -0.469 e. The Morgan fingerprint density at radius 1 is 1.11 bits per heavy atom. The molecule has 1 aromatic carbocycles. The zero-order valence-electron chi connectivity index (χ0n) is 21.3. The molecular formula is C27H30N2O8. The molecule has 1 saturated heterocycles. The molecule has 1 aliphatic heterocycles. The summed E-state index contributed by atoms with van der Waals surface area (Å²) in [5.41, 5.74) is -0.948. The van der Waals surface area contributed by atoms with Crippen molar-refractivity contribution in [2.75, 3.05) is 7.11 Å². The molecule has 3 fully saturated rings. The maximum Gasteiger partial charge on any atom is 0.310 e. The van der Waals surface area contributed by atoms with Crippen molar-refractivity contribution in [2.45, 2.75) is 58.7 Å². The first-order valence-corrected chi connectivity index (χ1v) is 12.5. The van der Waals surface area contributed by atoms with Crippen LogP contribution in [0.5, 0.6) is 0 Å². The second kappa shape index (κ2) is 9.08. The van der Waals surface area contributed by atoms with E-state index in [1.807, 2.05) is 44.2 Å². The molecule has 10 heteroatoms. The molecule has 0 amide bonds. The van der Waals surface area contributed by atoms with Gasteiger partial charge in [0.25, 0.3) is 5.89 Å². The number of rotatable bonds is 4.